The monoisotopic (exact) mass is 365 g/mol. The van der Waals surface area contributed by atoms with Gasteiger partial charge < -0.3 is 24.6 Å². The van der Waals surface area contributed by atoms with Crippen molar-refractivity contribution in [1.29, 1.82) is 0 Å². The molecule has 2 aromatic rings. The summed E-state index contributed by atoms with van der Waals surface area (Å²) in [7, 11) is 2.91. The van der Waals surface area contributed by atoms with E-state index < -0.39 is 11.9 Å². The third-order valence-electron chi connectivity index (χ3n) is 3.20. The smallest absolute Gasteiger partial charge is 0.335 e. The molecule has 8 heteroatoms. The molecule has 0 saturated carbocycles. The molecule has 2 rings (SSSR count). The van der Waals surface area contributed by atoms with Crippen LogP contribution >= 0.6 is 11.6 Å². The summed E-state index contributed by atoms with van der Waals surface area (Å²) in [6, 6.07) is 9.23. The van der Waals surface area contributed by atoms with Gasteiger partial charge >= 0.3 is 5.97 Å². The van der Waals surface area contributed by atoms with E-state index in [1.54, 1.807) is 31.4 Å². The maximum Gasteiger partial charge on any atom is 0.335 e. The lowest BCUT2D eigenvalue weighted by Gasteiger charge is -2.13. The molecule has 25 heavy (non-hydrogen) atoms. The summed E-state index contributed by atoms with van der Waals surface area (Å²) in [5.41, 5.74) is 0.0768. The lowest BCUT2D eigenvalue weighted by molar-refractivity contribution is -0.118. The van der Waals surface area contributed by atoms with Gasteiger partial charge in [-0.1, -0.05) is 11.6 Å². The fourth-order valence-corrected chi connectivity index (χ4v) is 2.32. The van der Waals surface area contributed by atoms with E-state index in [1.807, 2.05) is 0 Å². The Hall–Kier alpha value is -2.93. The Morgan fingerprint density at radius 1 is 1.08 bits per heavy atom. The molecule has 0 atom stereocenters. The van der Waals surface area contributed by atoms with Crippen LogP contribution in [0, 0.1) is 0 Å². The third kappa shape index (κ3) is 4.77. The van der Waals surface area contributed by atoms with Crippen molar-refractivity contribution in [3.05, 3.63) is 47.0 Å². The number of carbonyl (C=O) groups excluding carboxylic acids is 1. The second kappa shape index (κ2) is 8.25. The van der Waals surface area contributed by atoms with Gasteiger partial charge in [0, 0.05) is 0 Å². The highest BCUT2D eigenvalue weighted by Crippen LogP contribution is 2.34. The van der Waals surface area contributed by atoms with E-state index in [2.05, 4.69) is 5.32 Å². The van der Waals surface area contributed by atoms with Gasteiger partial charge in [0.25, 0.3) is 5.91 Å². The summed E-state index contributed by atoms with van der Waals surface area (Å²) in [6.45, 7) is -0.273. The van der Waals surface area contributed by atoms with Crippen LogP contribution in [0.4, 0.5) is 5.69 Å². The van der Waals surface area contributed by atoms with E-state index in [9.17, 15) is 9.59 Å². The number of amides is 1. The second-order valence-corrected chi connectivity index (χ2v) is 5.26. The van der Waals surface area contributed by atoms with Crippen LogP contribution in [0.25, 0.3) is 0 Å². The molecule has 7 nitrogen and oxygen atoms in total. The molecule has 0 fully saturated rings. The first-order chi connectivity index (χ1) is 11.9. The molecule has 0 spiro atoms. The van der Waals surface area contributed by atoms with Crippen molar-refractivity contribution in [2.45, 2.75) is 0 Å². The van der Waals surface area contributed by atoms with E-state index in [1.165, 1.54) is 19.2 Å². The number of ether oxygens (including phenoxy) is 3. The van der Waals surface area contributed by atoms with E-state index in [-0.39, 0.29) is 28.6 Å². The number of rotatable bonds is 7. The van der Waals surface area contributed by atoms with Gasteiger partial charge in [0.05, 0.1) is 30.5 Å². The Kier molecular flexibility index (Phi) is 6.08. The van der Waals surface area contributed by atoms with Crippen LogP contribution in [0.2, 0.25) is 5.02 Å². The van der Waals surface area contributed by atoms with Crippen LogP contribution in [0.5, 0.6) is 17.2 Å². The topological polar surface area (TPSA) is 94.1 Å². The minimum Gasteiger partial charge on any atom is -0.497 e. The fourth-order valence-electron chi connectivity index (χ4n) is 2.02. The summed E-state index contributed by atoms with van der Waals surface area (Å²) in [5.74, 6) is -0.339. The largest absolute Gasteiger partial charge is 0.497 e. The summed E-state index contributed by atoms with van der Waals surface area (Å²) in [5, 5.41) is 11.7. The van der Waals surface area contributed by atoms with Gasteiger partial charge in [-0.05, 0) is 36.4 Å². The SMILES string of the molecule is COc1ccc(OCC(=O)Nc2cc(C(=O)O)cc(Cl)c2OC)cc1. The minimum atomic E-state index is -1.17. The molecule has 2 N–H and O–H groups in total. The van der Waals surface area contributed by atoms with Crippen molar-refractivity contribution < 1.29 is 28.9 Å². The third-order valence-corrected chi connectivity index (χ3v) is 3.48. The van der Waals surface area contributed by atoms with E-state index >= 15 is 0 Å². The first-order valence-electron chi connectivity index (χ1n) is 7.12. The number of carboxylic acids is 1. The molecule has 0 heterocycles. The highest BCUT2D eigenvalue weighted by atomic mass is 35.5. The molecule has 0 bridgehead atoms. The van der Waals surface area contributed by atoms with Crippen LogP contribution in [0.15, 0.2) is 36.4 Å². The number of carboxylic acid groups (broad SMARTS) is 1. The highest BCUT2D eigenvalue weighted by molar-refractivity contribution is 6.33. The number of anilines is 1. The molecule has 0 aliphatic carbocycles. The standard InChI is InChI=1S/C17H16ClNO6/c1-23-11-3-5-12(6-4-11)25-9-15(20)19-14-8-10(17(21)22)7-13(18)16(14)24-2/h3-8H,9H2,1-2H3,(H,19,20)(H,21,22). The van der Waals surface area contributed by atoms with Crippen LogP contribution in [0.3, 0.4) is 0 Å². The number of nitrogens with one attached hydrogen (secondary N) is 1. The number of carbonyl (C=O) groups is 2. The van der Waals surface area contributed by atoms with Gasteiger partial charge in [0.15, 0.2) is 12.4 Å². The van der Waals surface area contributed by atoms with Gasteiger partial charge in [0.2, 0.25) is 0 Å². The average molecular weight is 366 g/mol. The van der Waals surface area contributed by atoms with Crippen LogP contribution < -0.4 is 19.5 Å². The van der Waals surface area contributed by atoms with E-state index in [0.29, 0.717) is 11.5 Å². The predicted octanol–water partition coefficient (Wildman–Crippen LogP) is 3.07. The molecule has 0 saturated heterocycles. The molecule has 0 aromatic heterocycles. The van der Waals surface area contributed by atoms with E-state index in [0.717, 1.165) is 0 Å². The van der Waals surface area contributed by atoms with Crippen LogP contribution in [0.1, 0.15) is 10.4 Å². The Morgan fingerprint density at radius 3 is 2.28 bits per heavy atom. The number of methoxy groups -OCH3 is 2. The molecule has 2 aromatic carbocycles. The zero-order valence-corrected chi connectivity index (χ0v) is 14.3. The molecular weight excluding hydrogens is 350 g/mol. The number of halogens is 1. The summed E-state index contributed by atoms with van der Waals surface area (Å²) in [4.78, 5) is 23.2. The van der Waals surface area contributed by atoms with Gasteiger partial charge in [-0.25, -0.2) is 4.79 Å². The Morgan fingerprint density at radius 2 is 1.72 bits per heavy atom. The summed E-state index contributed by atoms with van der Waals surface area (Å²) in [6.07, 6.45) is 0. The first kappa shape index (κ1) is 18.4. The molecule has 0 radical (unpaired) electrons. The van der Waals surface area contributed by atoms with Crippen molar-refractivity contribution in [3.8, 4) is 17.2 Å². The van der Waals surface area contributed by atoms with Crippen LogP contribution in [-0.2, 0) is 4.79 Å². The van der Waals surface area contributed by atoms with Crippen molar-refractivity contribution in [2.75, 3.05) is 26.1 Å². The van der Waals surface area contributed by atoms with E-state index in [4.69, 9.17) is 30.9 Å². The lowest BCUT2D eigenvalue weighted by Crippen LogP contribution is -2.21. The quantitative estimate of drug-likeness (QED) is 0.783. The number of hydrogen-bond donors (Lipinski definition) is 2. The van der Waals surface area contributed by atoms with Crippen molar-refractivity contribution in [1.82, 2.24) is 0 Å². The average Bonchev–Trinajstić information content (AvgIpc) is 2.60. The minimum absolute atomic E-state index is 0.0721. The van der Waals surface area contributed by atoms with Gasteiger partial charge in [-0.2, -0.15) is 0 Å². The summed E-state index contributed by atoms with van der Waals surface area (Å²) < 4.78 is 15.5. The normalized spacial score (nSPS) is 10.0. The summed E-state index contributed by atoms with van der Waals surface area (Å²) >= 11 is 5.98. The number of benzene rings is 2. The molecule has 0 aliphatic rings. The zero-order chi connectivity index (χ0) is 18.4. The maximum absolute atomic E-state index is 12.1. The van der Waals surface area contributed by atoms with Crippen LogP contribution in [-0.4, -0.2) is 37.8 Å². The maximum atomic E-state index is 12.1. The lowest BCUT2D eigenvalue weighted by atomic mass is 10.2. The Bertz CT molecular complexity index is 775. The van der Waals surface area contributed by atoms with Gasteiger partial charge in [-0.3, -0.25) is 4.79 Å². The molecular formula is C17H16ClNO6. The molecule has 1 amide bonds. The zero-order valence-electron chi connectivity index (χ0n) is 13.5. The fraction of sp³-hybridized carbons (Fsp3) is 0.176. The predicted molar refractivity (Wildman–Crippen MR) is 92.1 cm³/mol. The van der Waals surface area contributed by atoms with Crippen molar-refractivity contribution in [3.63, 3.8) is 0 Å². The van der Waals surface area contributed by atoms with Gasteiger partial charge in [0.1, 0.15) is 11.5 Å². The Labute approximate surface area is 149 Å². The highest BCUT2D eigenvalue weighted by Gasteiger charge is 2.16. The Balaban J connectivity index is 2.07. The first-order valence-corrected chi connectivity index (χ1v) is 7.50. The number of aromatic carboxylic acids is 1. The molecule has 0 unspecified atom stereocenters. The molecule has 0 aliphatic heterocycles. The number of hydrogen-bond acceptors (Lipinski definition) is 5. The second-order valence-electron chi connectivity index (χ2n) is 4.86. The molecule has 132 valence electrons. The van der Waals surface area contributed by atoms with Crippen molar-refractivity contribution in [2.24, 2.45) is 0 Å². The van der Waals surface area contributed by atoms with Crippen molar-refractivity contribution >= 4 is 29.2 Å². The van der Waals surface area contributed by atoms with Gasteiger partial charge in [-0.15, -0.1) is 0 Å².